The third-order valence-electron chi connectivity index (χ3n) is 5.15. The fraction of sp³-hybridized carbons (Fsp3) is 0.400. The largest absolute Gasteiger partial charge is 0.449 e. The maximum Gasteiger partial charge on any atom is 0.338 e. The second kappa shape index (κ2) is 9.12. The van der Waals surface area contributed by atoms with Gasteiger partial charge >= 0.3 is 5.97 Å². The lowest BCUT2D eigenvalue weighted by atomic mass is 9.94. The standard InChI is InChI=1S/C20H22N6O3S/c1-14(18(27)26(20-21-11-12-30-20)17-5-3-2-4-6-17)29-19(28)15-7-9-16(10-8-15)25-13-22-23-24-25/h7-14,17H,2-6H2,1H3. The molecule has 0 aliphatic heterocycles. The first-order valence-electron chi connectivity index (χ1n) is 9.90. The van der Waals surface area contributed by atoms with Gasteiger partial charge < -0.3 is 4.74 Å². The van der Waals surface area contributed by atoms with E-state index in [-0.39, 0.29) is 11.9 Å². The van der Waals surface area contributed by atoms with Crippen LogP contribution >= 0.6 is 11.3 Å². The molecule has 0 bridgehead atoms. The number of carbonyl (C=O) groups excluding carboxylic acids is 2. The van der Waals surface area contributed by atoms with Gasteiger partial charge in [0, 0.05) is 17.6 Å². The predicted octanol–water partition coefficient (Wildman–Crippen LogP) is 3.03. The van der Waals surface area contributed by atoms with Gasteiger partial charge in [0.2, 0.25) is 0 Å². The van der Waals surface area contributed by atoms with E-state index >= 15 is 0 Å². The van der Waals surface area contributed by atoms with Crippen molar-refractivity contribution in [2.75, 3.05) is 4.90 Å². The summed E-state index contributed by atoms with van der Waals surface area (Å²) in [7, 11) is 0. The number of anilines is 1. The highest BCUT2D eigenvalue weighted by molar-refractivity contribution is 7.13. The van der Waals surface area contributed by atoms with Crippen molar-refractivity contribution < 1.29 is 14.3 Å². The summed E-state index contributed by atoms with van der Waals surface area (Å²) in [5, 5.41) is 13.5. The Morgan fingerprint density at radius 2 is 1.97 bits per heavy atom. The molecule has 9 nitrogen and oxygen atoms in total. The van der Waals surface area contributed by atoms with E-state index in [1.807, 2.05) is 5.38 Å². The van der Waals surface area contributed by atoms with Gasteiger partial charge in [-0.3, -0.25) is 9.69 Å². The average molecular weight is 427 g/mol. The molecule has 30 heavy (non-hydrogen) atoms. The van der Waals surface area contributed by atoms with Crippen LogP contribution in [0.5, 0.6) is 0 Å². The van der Waals surface area contributed by atoms with E-state index < -0.39 is 12.1 Å². The number of amides is 1. The highest BCUT2D eigenvalue weighted by Gasteiger charge is 2.33. The van der Waals surface area contributed by atoms with Crippen LogP contribution in [0.1, 0.15) is 49.4 Å². The number of hydrogen-bond acceptors (Lipinski definition) is 8. The van der Waals surface area contributed by atoms with Crippen LogP contribution in [0.15, 0.2) is 42.2 Å². The van der Waals surface area contributed by atoms with E-state index in [9.17, 15) is 9.59 Å². The lowest BCUT2D eigenvalue weighted by molar-refractivity contribution is -0.127. The van der Waals surface area contributed by atoms with Gasteiger partial charge in [-0.2, -0.15) is 0 Å². The van der Waals surface area contributed by atoms with E-state index in [2.05, 4.69) is 20.5 Å². The molecule has 2 heterocycles. The second-order valence-electron chi connectivity index (χ2n) is 7.16. The van der Waals surface area contributed by atoms with Crippen molar-refractivity contribution in [2.45, 2.75) is 51.2 Å². The van der Waals surface area contributed by atoms with E-state index in [0.29, 0.717) is 16.4 Å². The molecule has 0 N–H and O–H groups in total. The predicted molar refractivity (Wildman–Crippen MR) is 111 cm³/mol. The van der Waals surface area contributed by atoms with Crippen molar-refractivity contribution in [3.8, 4) is 5.69 Å². The van der Waals surface area contributed by atoms with Gasteiger partial charge in [-0.1, -0.05) is 19.3 Å². The van der Waals surface area contributed by atoms with Crippen LogP contribution in [0.4, 0.5) is 5.13 Å². The quantitative estimate of drug-likeness (QED) is 0.558. The topological polar surface area (TPSA) is 103 Å². The lowest BCUT2D eigenvalue weighted by Crippen LogP contribution is -2.47. The molecule has 1 atom stereocenters. The Bertz CT molecular complexity index is 969. The average Bonchev–Trinajstić information content (AvgIpc) is 3.49. The van der Waals surface area contributed by atoms with Crippen molar-refractivity contribution in [3.63, 3.8) is 0 Å². The van der Waals surface area contributed by atoms with Crippen molar-refractivity contribution in [3.05, 3.63) is 47.7 Å². The number of carbonyl (C=O) groups is 2. The zero-order chi connectivity index (χ0) is 20.9. The van der Waals surface area contributed by atoms with Crippen LogP contribution in [0.25, 0.3) is 5.69 Å². The number of rotatable bonds is 6. The molecule has 156 valence electrons. The van der Waals surface area contributed by atoms with E-state index in [1.165, 1.54) is 28.8 Å². The SMILES string of the molecule is CC(OC(=O)c1ccc(-n2cnnn2)cc1)C(=O)N(c1nccs1)C1CCCCC1. The van der Waals surface area contributed by atoms with E-state index in [1.54, 1.807) is 42.3 Å². The Kier molecular flexibility index (Phi) is 6.12. The maximum atomic E-state index is 13.2. The summed E-state index contributed by atoms with van der Waals surface area (Å²) in [6, 6.07) is 6.76. The molecule has 1 fully saturated rings. The molecule has 1 aromatic carbocycles. The number of thiazole rings is 1. The number of nitrogens with zero attached hydrogens (tertiary/aromatic N) is 6. The van der Waals surface area contributed by atoms with Crippen LogP contribution in [-0.4, -0.2) is 49.2 Å². The number of esters is 1. The first kappa shape index (κ1) is 20.1. The molecule has 1 aliphatic rings. The Balaban J connectivity index is 1.45. The highest BCUT2D eigenvalue weighted by atomic mass is 32.1. The molecule has 4 rings (SSSR count). The van der Waals surface area contributed by atoms with E-state index in [4.69, 9.17) is 4.74 Å². The fourth-order valence-electron chi connectivity index (χ4n) is 3.61. The third-order valence-corrected chi connectivity index (χ3v) is 5.92. The molecule has 1 saturated carbocycles. The van der Waals surface area contributed by atoms with Gasteiger partial charge in [0.15, 0.2) is 11.2 Å². The van der Waals surface area contributed by atoms with Gasteiger partial charge in [-0.05, 0) is 54.5 Å². The maximum absolute atomic E-state index is 13.2. The summed E-state index contributed by atoms with van der Waals surface area (Å²) in [4.78, 5) is 31.9. The minimum Gasteiger partial charge on any atom is -0.449 e. The van der Waals surface area contributed by atoms with Gasteiger partial charge in [0.05, 0.1) is 11.3 Å². The number of tetrazole rings is 1. The fourth-order valence-corrected chi connectivity index (χ4v) is 4.33. The number of hydrogen-bond donors (Lipinski definition) is 0. The van der Waals surface area contributed by atoms with Crippen LogP contribution in [0, 0.1) is 0 Å². The lowest BCUT2D eigenvalue weighted by Gasteiger charge is -2.33. The molecule has 1 amide bonds. The molecule has 10 heteroatoms. The summed E-state index contributed by atoms with van der Waals surface area (Å²) < 4.78 is 6.98. The van der Waals surface area contributed by atoms with Crippen LogP contribution in [-0.2, 0) is 9.53 Å². The van der Waals surface area contributed by atoms with Crippen LogP contribution in [0.3, 0.4) is 0 Å². The minimum atomic E-state index is -0.914. The van der Waals surface area contributed by atoms with Crippen LogP contribution < -0.4 is 4.90 Å². The number of ether oxygens (including phenoxy) is 1. The van der Waals surface area contributed by atoms with Crippen LogP contribution in [0.2, 0.25) is 0 Å². The molecule has 0 saturated heterocycles. The summed E-state index contributed by atoms with van der Waals surface area (Å²) in [6.45, 7) is 1.61. The van der Waals surface area contributed by atoms with Gasteiger partial charge in [0.25, 0.3) is 5.91 Å². The number of benzene rings is 1. The van der Waals surface area contributed by atoms with Crippen molar-refractivity contribution in [1.82, 2.24) is 25.2 Å². The molecule has 2 aromatic heterocycles. The normalized spacial score (nSPS) is 15.5. The van der Waals surface area contributed by atoms with Gasteiger partial charge in [0.1, 0.15) is 6.33 Å². The summed E-state index contributed by atoms with van der Waals surface area (Å²) in [5.41, 5.74) is 1.07. The molecular formula is C20H22N6O3S. The first-order chi connectivity index (χ1) is 14.6. The summed E-state index contributed by atoms with van der Waals surface area (Å²) in [6.07, 6.45) is 7.46. The molecule has 1 aliphatic carbocycles. The molecule has 0 spiro atoms. The minimum absolute atomic E-state index is 0.0918. The molecule has 3 aromatic rings. The Morgan fingerprint density at radius 3 is 2.60 bits per heavy atom. The Labute approximate surface area is 177 Å². The molecular weight excluding hydrogens is 404 g/mol. The zero-order valence-corrected chi connectivity index (χ0v) is 17.4. The summed E-state index contributed by atoms with van der Waals surface area (Å²) in [5.74, 6) is -0.794. The summed E-state index contributed by atoms with van der Waals surface area (Å²) >= 11 is 1.42. The van der Waals surface area contributed by atoms with E-state index in [0.717, 1.165) is 25.7 Å². The first-order valence-corrected chi connectivity index (χ1v) is 10.8. The third kappa shape index (κ3) is 4.38. The Morgan fingerprint density at radius 1 is 1.20 bits per heavy atom. The highest BCUT2D eigenvalue weighted by Crippen LogP contribution is 2.29. The van der Waals surface area contributed by atoms with Crippen molar-refractivity contribution in [1.29, 1.82) is 0 Å². The van der Waals surface area contributed by atoms with Crippen molar-refractivity contribution >= 4 is 28.3 Å². The van der Waals surface area contributed by atoms with Gasteiger partial charge in [-0.15, -0.1) is 16.4 Å². The second-order valence-corrected chi connectivity index (χ2v) is 8.04. The smallest absolute Gasteiger partial charge is 0.338 e. The monoisotopic (exact) mass is 426 g/mol. The van der Waals surface area contributed by atoms with Gasteiger partial charge in [-0.25, -0.2) is 14.5 Å². The molecule has 1 unspecified atom stereocenters. The number of aromatic nitrogens is 5. The zero-order valence-electron chi connectivity index (χ0n) is 16.5. The molecule has 0 radical (unpaired) electrons. The van der Waals surface area contributed by atoms with Crippen molar-refractivity contribution in [2.24, 2.45) is 0 Å². The Hall–Kier alpha value is -3.14.